The van der Waals surface area contributed by atoms with Crippen molar-refractivity contribution in [2.75, 3.05) is 12.0 Å². The van der Waals surface area contributed by atoms with Gasteiger partial charge in [0.1, 0.15) is 13.8 Å². The minimum Gasteiger partial charge on any atom is -0.496 e. The number of benzene rings is 2. The Labute approximate surface area is 212 Å². The summed E-state index contributed by atoms with van der Waals surface area (Å²) < 4.78 is 5.43. The van der Waals surface area contributed by atoms with Crippen molar-refractivity contribution >= 4 is 25.6 Å². The Kier molecular flexibility index (Phi) is 9.34. The van der Waals surface area contributed by atoms with E-state index in [1.54, 1.807) is 12.1 Å². The average molecular weight is 490 g/mol. The van der Waals surface area contributed by atoms with E-state index in [1.807, 2.05) is 24.3 Å². The molecule has 0 atom stereocenters. The lowest BCUT2D eigenvalue weighted by Crippen LogP contribution is -2.29. The van der Waals surface area contributed by atoms with Crippen LogP contribution in [0.3, 0.4) is 0 Å². The molecule has 0 unspecified atom stereocenters. The summed E-state index contributed by atoms with van der Waals surface area (Å²) in [4.78, 5) is 28.0. The highest BCUT2D eigenvalue weighted by atomic mass is 28.3. The summed E-state index contributed by atoms with van der Waals surface area (Å²) >= 11 is 0. The summed E-state index contributed by atoms with van der Waals surface area (Å²) in [6, 6.07) is 11.3. The van der Waals surface area contributed by atoms with Crippen LogP contribution in [-0.4, -0.2) is 27.0 Å². The van der Waals surface area contributed by atoms with Crippen LogP contribution in [0.4, 0.5) is 5.69 Å². The van der Waals surface area contributed by atoms with E-state index in [-0.39, 0.29) is 11.8 Å². The Bertz CT molecular complexity index is 1100. The molecule has 0 aliphatic carbocycles. The van der Waals surface area contributed by atoms with E-state index >= 15 is 0 Å². The highest BCUT2D eigenvalue weighted by Crippen LogP contribution is 2.36. The van der Waals surface area contributed by atoms with Crippen LogP contribution in [-0.2, 0) is 6.42 Å². The number of aryl methyl sites for hydroxylation is 1. The van der Waals surface area contributed by atoms with Crippen LogP contribution in [0, 0.1) is 11.5 Å². The van der Waals surface area contributed by atoms with Gasteiger partial charge in [-0.05, 0) is 42.7 Å². The number of unbranched alkanes of at least 4 members (excludes halogenated alkanes) is 7. The van der Waals surface area contributed by atoms with Crippen LogP contribution in [0.15, 0.2) is 36.4 Å². The zero-order valence-corrected chi connectivity index (χ0v) is 23.0. The molecule has 0 N–H and O–H groups in total. The Balaban J connectivity index is 1.70. The maximum absolute atomic E-state index is 13.4. The number of imide groups is 1. The number of nitrogens with zero attached hydrogens (tertiary/aromatic N) is 1. The molecule has 1 heterocycles. The number of hydrogen-bond donors (Lipinski definition) is 0. The Morgan fingerprint density at radius 1 is 0.800 bits per heavy atom. The summed E-state index contributed by atoms with van der Waals surface area (Å²) in [5.74, 6) is 2.89. The monoisotopic (exact) mass is 489 g/mol. The van der Waals surface area contributed by atoms with Crippen LogP contribution in [0.5, 0.6) is 5.75 Å². The molecule has 0 saturated heterocycles. The maximum Gasteiger partial charge on any atom is 0.269 e. The van der Waals surface area contributed by atoms with E-state index < -0.39 is 8.07 Å². The third-order valence-electron chi connectivity index (χ3n) is 6.31. The third-order valence-corrected chi connectivity index (χ3v) is 7.18. The summed E-state index contributed by atoms with van der Waals surface area (Å²) in [6.45, 7) is 8.70. The third kappa shape index (κ3) is 6.86. The van der Waals surface area contributed by atoms with Crippen molar-refractivity contribution < 1.29 is 14.3 Å². The van der Waals surface area contributed by atoms with Crippen molar-refractivity contribution in [3.05, 3.63) is 58.7 Å². The SMILES string of the molecule is CCCCCCCCCCc1ccc(N2C(=O)c3c(C#C[Si](C)(C)C)ccc(OC)c3C2=O)cc1. The summed E-state index contributed by atoms with van der Waals surface area (Å²) in [7, 11) is -0.130. The van der Waals surface area contributed by atoms with Gasteiger partial charge < -0.3 is 4.74 Å². The molecular weight excluding hydrogens is 450 g/mol. The van der Waals surface area contributed by atoms with E-state index in [1.165, 1.54) is 62.5 Å². The quantitative estimate of drug-likeness (QED) is 0.143. The molecule has 0 radical (unpaired) electrons. The Morgan fingerprint density at radius 3 is 2.00 bits per heavy atom. The molecule has 0 fully saturated rings. The van der Waals surface area contributed by atoms with E-state index in [2.05, 4.69) is 38.0 Å². The lowest BCUT2D eigenvalue weighted by Gasteiger charge is -2.14. The highest BCUT2D eigenvalue weighted by Gasteiger charge is 2.41. The first-order chi connectivity index (χ1) is 16.8. The number of fused-ring (bicyclic) bond motifs is 1. The molecular formula is C30H39NO3Si. The fourth-order valence-electron chi connectivity index (χ4n) is 4.37. The molecule has 2 aromatic rings. The number of anilines is 1. The molecule has 2 amide bonds. The Hall–Kier alpha value is -2.84. The minimum absolute atomic E-state index is 0.308. The fourth-order valence-corrected chi connectivity index (χ4v) is 4.88. The van der Waals surface area contributed by atoms with Gasteiger partial charge in [-0.25, -0.2) is 4.90 Å². The number of carbonyl (C=O) groups is 2. The first-order valence-corrected chi connectivity index (χ1v) is 16.5. The van der Waals surface area contributed by atoms with Gasteiger partial charge in [-0.1, -0.05) is 89.6 Å². The topological polar surface area (TPSA) is 46.6 Å². The largest absolute Gasteiger partial charge is 0.496 e. The van der Waals surface area contributed by atoms with Crippen molar-refractivity contribution in [3.8, 4) is 17.2 Å². The van der Waals surface area contributed by atoms with E-state index in [4.69, 9.17) is 4.74 Å². The van der Waals surface area contributed by atoms with Crippen molar-refractivity contribution in [3.63, 3.8) is 0 Å². The van der Waals surface area contributed by atoms with Crippen LogP contribution < -0.4 is 9.64 Å². The van der Waals surface area contributed by atoms with E-state index in [0.29, 0.717) is 28.1 Å². The molecule has 5 heteroatoms. The zero-order valence-electron chi connectivity index (χ0n) is 22.0. The first kappa shape index (κ1) is 26.8. The molecule has 0 spiro atoms. The molecule has 35 heavy (non-hydrogen) atoms. The lowest BCUT2D eigenvalue weighted by molar-refractivity contribution is 0.0925. The van der Waals surface area contributed by atoms with Gasteiger partial charge in [0.2, 0.25) is 0 Å². The van der Waals surface area contributed by atoms with Crippen LogP contribution in [0.25, 0.3) is 0 Å². The summed E-state index contributed by atoms with van der Waals surface area (Å²) in [5, 5.41) is 0. The molecule has 0 saturated carbocycles. The van der Waals surface area contributed by atoms with Crippen LogP contribution >= 0.6 is 0 Å². The number of amides is 2. The van der Waals surface area contributed by atoms with Crippen molar-refractivity contribution in [2.45, 2.75) is 84.4 Å². The normalized spacial score (nSPS) is 13.0. The molecule has 186 valence electrons. The lowest BCUT2D eigenvalue weighted by atomic mass is 10.0. The number of hydrogen-bond acceptors (Lipinski definition) is 3. The van der Waals surface area contributed by atoms with Gasteiger partial charge in [0.25, 0.3) is 11.8 Å². The number of methoxy groups -OCH3 is 1. The van der Waals surface area contributed by atoms with Gasteiger partial charge in [0, 0.05) is 5.56 Å². The minimum atomic E-state index is -1.65. The first-order valence-electron chi connectivity index (χ1n) is 13.0. The predicted octanol–water partition coefficient (Wildman–Crippen LogP) is 7.41. The van der Waals surface area contributed by atoms with Gasteiger partial charge in [0.05, 0.1) is 23.9 Å². The molecule has 0 bridgehead atoms. The van der Waals surface area contributed by atoms with E-state index in [0.717, 1.165) is 12.8 Å². The van der Waals surface area contributed by atoms with Gasteiger partial charge in [-0.2, -0.15) is 0 Å². The molecule has 1 aliphatic rings. The molecule has 3 rings (SSSR count). The smallest absolute Gasteiger partial charge is 0.269 e. The standard InChI is InChI=1S/C30H39NO3Si/c1-6-7-8-9-10-11-12-13-14-23-15-18-25(19-16-23)31-29(32)27-24(21-22-35(3,4)5)17-20-26(34-2)28(27)30(31)33/h15-20H,6-14H2,1-5H3. The van der Waals surface area contributed by atoms with Gasteiger partial charge >= 0.3 is 0 Å². The Morgan fingerprint density at radius 2 is 1.40 bits per heavy atom. The summed E-state index contributed by atoms with van der Waals surface area (Å²) in [5.41, 5.74) is 6.38. The second-order valence-corrected chi connectivity index (χ2v) is 15.2. The van der Waals surface area contributed by atoms with Crippen LogP contribution in [0.2, 0.25) is 19.6 Å². The number of ether oxygens (including phenoxy) is 1. The summed E-state index contributed by atoms with van der Waals surface area (Å²) in [6.07, 6.45) is 11.4. The highest BCUT2D eigenvalue weighted by molar-refractivity contribution is 6.83. The zero-order chi connectivity index (χ0) is 25.4. The van der Waals surface area contributed by atoms with Crippen LogP contribution in [0.1, 0.15) is 90.1 Å². The number of rotatable bonds is 11. The van der Waals surface area contributed by atoms with Crippen molar-refractivity contribution in [1.29, 1.82) is 0 Å². The van der Waals surface area contributed by atoms with Gasteiger partial charge in [-0.15, -0.1) is 5.54 Å². The van der Waals surface area contributed by atoms with Gasteiger partial charge in [-0.3, -0.25) is 9.59 Å². The molecule has 0 aromatic heterocycles. The van der Waals surface area contributed by atoms with Gasteiger partial charge in [0.15, 0.2) is 0 Å². The molecule has 4 nitrogen and oxygen atoms in total. The fraction of sp³-hybridized carbons (Fsp3) is 0.467. The maximum atomic E-state index is 13.4. The van der Waals surface area contributed by atoms with E-state index in [9.17, 15) is 9.59 Å². The molecule has 1 aliphatic heterocycles. The van der Waals surface area contributed by atoms with Crippen molar-refractivity contribution in [1.82, 2.24) is 0 Å². The predicted molar refractivity (Wildman–Crippen MR) is 147 cm³/mol. The second-order valence-electron chi connectivity index (χ2n) is 10.4. The molecule has 2 aromatic carbocycles. The second kappa shape index (κ2) is 12.2. The average Bonchev–Trinajstić information content (AvgIpc) is 3.10. The van der Waals surface area contributed by atoms with Crippen molar-refractivity contribution in [2.24, 2.45) is 0 Å². The number of carbonyl (C=O) groups excluding carboxylic acids is 2.